The van der Waals surface area contributed by atoms with Crippen LogP contribution in [0.5, 0.6) is 0 Å². The van der Waals surface area contributed by atoms with Crippen LogP contribution >= 0.6 is 0 Å². The second kappa shape index (κ2) is 7.71. The number of aromatic nitrogens is 3. The van der Waals surface area contributed by atoms with Gasteiger partial charge < -0.3 is 15.0 Å². The lowest BCUT2D eigenvalue weighted by atomic mass is 10.3. The topological polar surface area (TPSA) is 47.4 Å². The lowest BCUT2D eigenvalue weighted by Gasteiger charge is -1.83. The number of H-pyrrole nitrogens is 3. The van der Waals surface area contributed by atoms with Gasteiger partial charge in [-0.25, -0.2) is 0 Å². The van der Waals surface area contributed by atoms with Gasteiger partial charge in [-0.1, -0.05) is 36.4 Å². The Kier molecular flexibility index (Phi) is 4.93. The van der Waals surface area contributed by atoms with Crippen LogP contribution in [-0.2, 0) is 0 Å². The highest BCUT2D eigenvalue weighted by Crippen LogP contribution is 2.09. The van der Waals surface area contributed by atoms with E-state index < -0.39 is 0 Å². The summed E-state index contributed by atoms with van der Waals surface area (Å²) >= 11 is 0. The molecule has 0 saturated heterocycles. The van der Waals surface area contributed by atoms with E-state index in [-0.39, 0.29) is 0 Å². The molecule has 2 aromatic carbocycles. The van der Waals surface area contributed by atoms with Crippen LogP contribution in [-0.4, -0.2) is 15.0 Å². The van der Waals surface area contributed by atoms with Gasteiger partial charge in [-0.2, -0.15) is 0 Å². The maximum atomic E-state index is 3.12. The van der Waals surface area contributed by atoms with E-state index in [1.54, 1.807) is 0 Å². The molecule has 114 valence electrons. The number of fused-ring (bicyclic) bond motifs is 2. The molecule has 3 heterocycles. The number of nitrogens with one attached hydrogen (secondary N) is 3. The van der Waals surface area contributed by atoms with Crippen molar-refractivity contribution in [3.63, 3.8) is 0 Å². The van der Waals surface area contributed by atoms with Crippen LogP contribution in [0.4, 0.5) is 0 Å². The molecule has 0 aliphatic carbocycles. The van der Waals surface area contributed by atoms with E-state index in [4.69, 9.17) is 0 Å². The molecule has 5 rings (SSSR count). The predicted molar refractivity (Wildman–Crippen MR) is 97.4 cm³/mol. The van der Waals surface area contributed by atoms with Crippen molar-refractivity contribution in [2.75, 3.05) is 0 Å². The van der Waals surface area contributed by atoms with Gasteiger partial charge in [-0.05, 0) is 47.2 Å². The Morgan fingerprint density at radius 3 is 1.30 bits per heavy atom. The van der Waals surface area contributed by atoms with E-state index in [0.717, 1.165) is 0 Å². The first kappa shape index (κ1) is 14.7. The summed E-state index contributed by atoms with van der Waals surface area (Å²) in [5, 5.41) is 2.55. The van der Waals surface area contributed by atoms with Gasteiger partial charge in [0.15, 0.2) is 0 Å². The largest absolute Gasteiger partial charge is 0.368 e. The van der Waals surface area contributed by atoms with Crippen LogP contribution in [0.2, 0.25) is 0 Å². The van der Waals surface area contributed by atoms with Crippen LogP contribution in [0, 0.1) is 0 Å². The van der Waals surface area contributed by atoms with E-state index in [2.05, 4.69) is 51.4 Å². The summed E-state index contributed by atoms with van der Waals surface area (Å²) in [4.78, 5) is 9.10. The average Bonchev–Trinajstić information content (AvgIpc) is 3.37. The number of para-hydroxylation sites is 2. The molecule has 0 radical (unpaired) electrons. The zero-order valence-electron chi connectivity index (χ0n) is 12.7. The molecule has 0 aliphatic rings. The van der Waals surface area contributed by atoms with Crippen molar-refractivity contribution >= 4 is 21.8 Å². The van der Waals surface area contributed by atoms with Crippen molar-refractivity contribution in [2.24, 2.45) is 0 Å². The summed E-state index contributed by atoms with van der Waals surface area (Å²) in [7, 11) is 0. The van der Waals surface area contributed by atoms with Gasteiger partial charge in [0.05, 0.1) is 0 Å². The molecule has 0 saturated carbocycles. The number of rotatable bonds is 0. The number of hydrogen-bond donors (Lipinski definition) is 3. The number of aromatic amines is 3. The van der Waals surface area contributed by atoms with Crippen LogP contribution in [0.3, 0.4) is 0 Å². The molecule has 3 nitrogen and oxygen atoms in total. The zero-order chi connectivity index (χ0) is 15.7. The minimum atomic E-state index is 1.21. The highest BCUT2D eigenvalue weighted by molar-refractivity contribution is 5.79. The van der Waals surface area contributed by atoms with E-state index in [9.17, 15) is 0 Å². The van der Waals surface area contributed by atoms with Gasteiger partial charge in [0, 0.05) is 35.8 Å². The van der Waals surface area contributed by atoms with E-state index in [1.165, 1.54) is 21.8 Å². The fraction of sp³-hybridized carbons (Fsp3) is 0. The maximum absolute atomic E-state index is 3.12. The van der Waals surface area contributed by atoms with E-state index in [1.807, 2.05) is 61.2 Å². The molecule has 0 amide bonds. The molecule has 3 heteroatoms. The Morgan fingerprint density at radius 2 is 0.913 bits per heavy atom. The Balaban J connectivity index is 0.000000107. The van der Waals surface area contributed by atoms with Crippen molar-refractivity contribution in [1.82, 2.24) is 15.0 Å². The standard InChI is InChI=1S/2C8H7N.C4H5N/c2*1-2-4-8-7(3-1)5-6-9-8;1-2-4-5-3-1/h2*1-6,9H;1-5H. The molecule has 0 fully saturated rings. The lowest BCUT2D eigenvalue weighted by Crippen LogP contribution is -1.61. The van der Waals surface area contributed by atoms with Crippen molar-refractivity contribution in [3.8, 4) is 0 Å². The van der Waals surface area contributed by atoms with Crippen molar-refractivity contribution in [1.29, 1.82) is 0 Å². The van der Waals surface area contributed by atoms with Crippen molar-refractivity contribution in [3.05, 3.63) is 97.6 Å². The molecule has 3 N–H and O–H groups in total. The van der Waals surface area contributed by atoms with E-state index in [0.29, 0.717) is 0 Å². The molecule has 3 aromatic heterocycles. The predicted octanol–water partition coefficient (Wildman–Crippen LogP) is 5.35. The van der Waals surface area contributed by atoms with Gasteiger partial charge in [-0.3, -0.25) is 0 Å². The Labute approximate surface area is 135 Å². The number of hydrogen-bond acceptors (Lipinski definition) is 0. The molecule has 0 spiro atoms. The lowest BCUT2D eigenvalue weighted by molar-refractivity contribution is 1.42. The summed E-state index contributed by atoms with van der Waals surface area (Å²) in [6.45, 7) is 0. The summed E-state index contributed by atoms with van der Waals surface area (Å²) < 4.78 is 0. The first-order valence-electron chi connectivity index (χ1n) is 7.55. The monoisotopic (exact) mass is 301 g/mol. The van der Waals surface area contributed by atoms with Gasteiger partial charge in [0.2, 0.25) is 0 Å². The van der Waals surface area contributed by atoms with Gasteiger partial charge in [-0.15, -0.1) is 0 Å². The smallest absolute Gasteiger partial charge is 0.0453 e. The summed E-state index contributed by atoms with van der Waals surface area (Å²) in [5.74, 6) is 0. The Morgan fingerprint density at radius 1 is 0.435 bits per heavy atom. The SMILES string of the molecule is c1cc[nH]c1.c1ccc2[nH]ccc2c1.c1ccc2[nH]ccc2c1. The minimum Gasteiger partial charge on any atom is -0.368 e. The normalized spacial score (nSPS) is 9.74. The third kappa shape index (κ3) is 4.14. The zero-order valence-corrected chi connectivity index (χ0v) is 12.7. The highest BCUT2D eigenvalue weighted by atomic mass is 14.7. The van der Waals surface area contributed by atoms with Crippen LogP contribution in [0.1, 0.15) is 0 Å². The molecule has 0 atom stereocenters. The average molecular weight is 301 g/mol. The Bertz CT molecular complexity index is 786. The quantitative estimate of drug-likeness (QED) is 0.345. The second-order valence-electron chi connectivity index (χ2n) is 5.01. The molecule has 0 unspecified atom stereocenters. The van der Waals surface area contributed by atoms with Crippen LogP contribution in [0.15, 0.2) is 97.6 Å². The third-order valence-electron chi connectivity index (χ3n) is 3.42. The molecule has 23 heavy (non-hydrogen) atoms. The van der Waals surface area contributed by atoms with Crippen molar-refractivity contribution < 1.29 is 0 Å². The third-order valence-corrected chi connectivity index (χ3v) is 3.42. The summed E-state index contributed by atoms with van der Waals surface area (Å²) in [6.07, 6.45) is 7.65. The highest BCUT2D eigenvalue weighted by Gasteiger charge is 1.87. The van der Waals surface area contributed by atoms with Crippen LogP contribution < -0.4 is 0 Å². The first-order chi connectivity index (χ1) is 11.4. The van der Waals surface area contributed by atoms with Crippen LogP contribution in [0.25, 0.3) is 21.8 Å². The summed E-state index contributed by atoms with van der Waals surface area (Å²) in [6, 6.07) is 24.5. The van der Waals surface area contributed by atoms with E-state index >= 15 is 0 Å². The van der Waals surface area contributed by atoms with Gasteiger partial charge >= 0.3 is 0 Å². The second-order valence-corrected chi connectivity index (χ2v) is 5.01. The molecule has 0 bridgehead atoms. The number of benzene rings is 2. The minimum absolute atomic E-state index is 1.21. The molecule has 5 aromatic rings. The molecule has 0 aliphatic heterocycles. The summed E-state index contributed by atoms with van der Waals surface area (Å²) in [5.41, 5.74) is 2.41. The maximum Gasteiger partial charge on any atom is 0.0453 e. The van der Waals surface area contributed by atoms with Gasteiger partial charge in [0.1, 0.15) is 0 Å². The molecular formula is C20H19N3. The van der Waals surface area contributed by atoms with Crippen molar-refractivity contribution in [2.45, 2.75) is 0 Å². The Hall–Kier alpha value is -3.20. The first-order valence-corrected chi connectivity index (χ1v) is 7.55. The molecular weight excluding hydrogens is 282 g/mol. The van der Waals surface area contributed by atoms with Gasteiger partial charge in [0.25, 0.3) is 0 Å². The fourth-order valence-electron chi connectivity index (χ4n) is 2.27. The fourth-order valence-corrected chi connectivity index (χ4v) is 2.27.